The highest BCUT2D eigenvalue weighted by atomic mass is 16.6. The third-order valence-electron chi connectivity index (χ3n) is 2.98. The van der Waals surface area contributed by atoms with Crippen molar-refractivity contribution in [1.82, 2.24) is 4.90 Å². The summed E-state index contributed by atoms with van der Waals surface area (Å²) in [5.41, 5.74) is 6.12. The van der Waals surface area contributed by atoms with Gasteiger partial charge in [-0.2, -0.15) is 0 Å². The average Bonchev–Trinajstić information content (AvgIpc) is 2.43. The van der Waals surface area contributed by atoms with Crippen molar-refractivity contribution in [2.24, 2.45) is 5.73 Å². The van der Waals surface area contributed by atoms with Crippen LogP contribution in [0.2, 0.25) is 0 Å². The van der Waals surface area contributed by atoms with Gasteiger partial charge in [-0.15, -0.1) is 0 Å². The Labute approximate surface area is 117 Å². The molecule has 1 rings (SSSR count). The lowest BCUT2D eigenvalue weighted by molar-refractivity contribution is -0.384. The zero-order chi connectivity index (χ0) is 15.3. The van der Waals surface area contributed by atoms with Crippen molar-refractivity contribution in [2.75, 3.05) is 26.0 Å². The van der Waals surface area contributed by atoms with E-state index in [-0.39, 0.29) is 23.2 Å². The zero-order valence-corrected chi connectivity index (χ0v) is 11.9. The number of nitrogens with two attached hydrogens (primary N) is 1. The largest absolute Gasteiger partial charge is 0.375 e. The third kappa shape index (κ3) is 3.67. The number of rotatable bonds is 6. The lowest BCUT2D eigenvalue weighted by atomic mass is 10.1. The maximum atomic E-state index is 11.8. The van der Waals surface area contributed by atoms with E-state index in [1.165, 1.54) is 11.0 Å². The topological polar surface area (TPSA) is 102 Å². The molecular weight excluding hydrogens is 260 g/mol. The van der Waals surface area contributed by atoms with Crippen molar-refractivity contribution >= 4 is 17.3 Å². The lowest BCUT2D eigenvalue weighted by Gasteiger charge is -2.17. The highest BCUT2D eigenvalue weighted by Crippen LogP contribution is 2.26. The number of benzene rings is 1. The Kier molecular flexibility index (Phi) is 5.45. The first-order valence-electron chi connectivity index (χ1n) is 6.37. The van der Waals surface area contributed by atoms with Crippen molar-refractivity contribution in [2.45, 2.75) is 19.4 Å². The summed E-state index contributed by atoms with van der Waals surface area (Å²) in [7, 11) is 3.20. The molecule has 0 aromatic heterocycles. The molecule has 0 saturated heterocycles. The van der Waals surface area contributed by atoms with Crippen molar-refractivity contribution < 1.29 is 9.72 Å². The number of nitro groups is 1. The number of nitrogens with zero attached hydrogens (tertiary/aromatic N) is 2. The fourth-order valence-corrected chi connectivity index (χ4v) is 1.74. The van der Waals surface area contributed by atoms with Gasteiger partial charge in [-0.3, -0.25) is 14.9 Å². The first kappa shape index (κ1) is 15.9. The quantitative estimate of drug-likeness (QED) is 0.606. The molecule has 0 aliphatic rings. The molecule has 20 heavy (non-hydrogen) atoms. The van der Waals surface area contributed by atoms with Gasteiger partial charge < -0.3 is 16.0 Å². The fraction of sp³-hybridized carbons (Fsp3) is 0.462. The Morgan fingerprint density at radius 2 is 2.15 bits per heavy atom. The van der Waals surface area contributed by atoms with Crippen LogP contribution >= 0.6 is 0 Å². The maximum Gasteiger partial charge on any atom is 0.293 e. The van der Waals surface area contributed by atoms with Gasteiger partial charge in [-0.1, -0.05) is 6.92 Å². The number of nitro benzene ring substituents is 1. The van der Waals surface area contributed by atoms with Gasteiger partial charge in [-0.25, -0.2) is 0 Å². The molecule has 0 aliphatic heterocycles. The molecule has 7 heteroatoms. The van der Waals surface area contributed by atoms with E-state index in [1.807, 2.05) is 6.92 Å². The Bertz CT molecular complexity index is 498. The van der Waals surface area contributed by atoms with Crippen LogP contribution in [0.1, 0.15) is 23.7 Å². The SMILES string of the molecule is CCC(CN)Nc1ccc(C(=O)N(C)C)cc1[N+](=O)[O-]. The van der Waals surface area contributed by atoms with Crippen LogP contribution in [0.3, 0.4) is 0 Å². The van der Waals surface area contributed by atoms with Crippen LogP contribution in [0, 0.1) is 10.1 Å². The molecule has 1 aromatic carbocycles. The first-order valence-corrected chi connectivity index (χ1v) is 6.37. The van der Waals surface area contributed by atoms with Gasteiger partial charge in [-0.05, 0) is 18.6 Å². The normalized spacial score (nSPS) is 11.8. The molecule has 0 spiro atoms. The molecule has 1 aromatic rings. The first-order chi connectivity index (χ1) is 9.40. The fourth-order valence-electron chi connectivity index (χ4n) is 1.74. The predicted molar refractivity (Wildman–Crippen MR) is 77.9 cm³/mol. The summed E-state index contributed by atoms with van der Waals surface area (Å²) in [5, 5.41) is 14.2. The van der Waals surface area contributed by atoms with Crippen LogP contribution in [0.15, 0.2) is 18.2 Å². The second-order valence-electron chi connectivity index (χ2n) is 4.67. The summed E-state index contributed by atoms with van der Waals surface area (Å²) in [6.07, 6.45) is 0.756. The third-order valence-corrected chi connectivity index (χ3v) is 2.98. The van der Waals surface area contributed by atoms with Crippen LogP contribution in [0.5, 0.6) is 0 Å². The highest BCUT2D eigenvalue weighted by Gasteiger charge is 2.19. The molecule has 0 radical (unpaired) electrons. The highest BCUT2D eigenvalue weighted by molar-refractivity contribution is 5.95. The molecule has 0 bridgehead atoms. The molecule has 0 fully saturated rings. The number of hydrogen-bond acceptors (Lipinski definition) is 5. The van der Waals surface area contributed by atoms with Crippen molar-refractivity contribution in [3.05, 3.63) is 33.9 Å². The number of nitrogens with one attached hydrogen (secondary N) is 1. The summed E-state index contributed by atoms with van der Waals surface area (Å²) < 4.78 is 0. The van der Waals surface area contributed by atoms with E-state index in [0.29, 0.717) is 12.2 Å². The summed E-state index contributed by atoms with van der Waals surface area (Å²) in [6, 6.07) is 4.37. The molecule has 1 amide bonds. The number of anilines is 1. The van der Waals surface area contributed by atoms with Crippen LogP contribution in [-0.2, 0) is 0 Å². The second-order valence-corrected chi connectivity index (χ2v) is 4.67. The maximum absolute atomic E-state index is 11.8. The smallest absolute Gasteiger partial charge is 0.293 e. The van der Waals surface area contributed by atoms with Gasteiger partial charge in [0.1, 0.15) is 5.69 Å². The van der Waals surface area contributed by atoms with Gasteiger partial charge in [0.2, 0.25) is 0 Å². The van der Waals surface area contributed by atoms with Gasteiger partial charge in [0, 0.05) is 38.3 Å². The number of hydrogen-bond donors (Lipinski definition) is 2. The molecular formula is C13H20N4O3. The molecule has 1 atom stereocenters. The van der Waals surface area contributed by atoms with Crippen LogP contribution in [0.25, 0.3) is 0 Å². The Hall–Kier alpha value is -2.15. The minimum atomic E-state index is -0.502. The zero-order valence-electron chi connectivity index (χ0n) is 11.9. The standard InChI is InChI=1S/C13H20N4O3/c1-4-10(8-14)15-11-6-5-9(13(18)16(2)3)7-12(11)17(19)20/h5-7,10,15H,4,8,14H2,1-3H3. The molecule has 0 saturated carbocycles. The molecule has 110 valence electrons. The van der Waals surface area contributed by atoms with Gasteiger partial charge >= 0.3 is 0 Å². The van der Waals surface area contributed by atoms with Crippen LogP contribution in [-0.4, -0.2) is 42.4 Å². The monoisotopic (exact) mass is 280 g/mol. The minimum Gasteiger partial charge on any atom is -0.375 e. The summed E-state index contributed by atoms with van der Waals surface area (Å²) in [5.74, 6) is -0.273. The number of carbonyl (C=O) groups is 1. The van der Waals surface area contributed by atoms with Crippen LogP contribution in [0.4, 0.5) is 11.4 Å². The second kappa shape index (κ2) is 6.85. The number of carbonyl (C=O) groups excluding carboxylic acids is 1. The Balaban J connectivity index is 3.14. The lowest BCUT2D eigenvalue weighted by Crippen LogP contribution is -2.28. The predicted octanol–water partition coefficient (Wildman–Crippen LogP) is 1.45. The van der Waals surface area contributed by atoms with Crippen molar-refractivity contribution in [1.29, 1.82) is 0 Å². The Morgan fingerprint density at radius 1 is 1.50 bits per heavy atom. The molecule has 3 N–H and O–H groups in total. The van der Waals surface area contributed by atoms with Gasteiger partial charge in [0.25, 0.3) is 11.6 Å². The Morgan fingerprint density at radius 3 is 2.60 bits per heavy atom. The van der Waals surface area contributed by atoms with Gasteiger partial charge in [0.15, 0.2) is 0 Å². The summed E-state index contributed by atoms with van der Waals surface area (Å²) in [4.78, 5) is 23.8. The summed E-state index contributed by atoms with van der Waals surface area (Å²) >= 11 is 0. The van der Waals surface area contributed by atoms with E-state index in [4.69, 9.17) is 5.73 Å². The van der Waals surface area contributed by atoms with E-state index in [0.717, 1.165) is 6.42 Å². The van der Waals surface area contributed by atoms with Crippen molar-refractivity contribution in [3.8, 4) is 0 Å². The molecule has 7 nitrogen and oxygen atoms in total. The van der Waals surface area contributed by atoms with E-state index >= 15 is 0 Å². The van der Waals surface area contributed by atoms with Crippen LogP contribution < -0.4 is 11.1 Å². The molecule has 1 unspecified atom stereocenters. The molecule has 0 aliphatic carbocycles. The summed E-state index contributed by atoms with van der Waals surface area (Å²) in [6.45, 7) is 2.33. The van der Waals surface area contributed by atoms with E-state index in [2.05, 4.69) is 5.32 Å². The number of amides is 1. The molecule has 0 heterocycles. The van der Waals surface area contributed by atoms with E-state index in [1.54, 1.807) is 26.2 Å². The van der Waals surface area contributed by atoms with Gasteiger partial charge in [0.05, 0.1) is 4.92 Å². The van der Waals surface area contributed by atoms with Crippen molar-refractivity contribution in [3.63, 3.8) is 0 Å². The minimum absolute atomic E-state index is 0.0379. The average molecular weight is 280 g/mol. The van der Waals surface area contributed by atoms with E-state index < -0.39 is 4.92 Å². The van der Waals surface area contributed by atoms with E-state index in [9.17, 15) is 14.9 Å².